The molecule has 1 saturated heterocycles. The Balaban J connectivity index is 2.22. The molecular formula is C17H28N2O2. The minimum Gasteiger partial charge on any atom is -0.493 e. The summed E-state index contributed by atoms with van der Waals surface area (Å²) in [5.41, 5.74) is 1.33. The third-order valence-electron chi connectivity index (χ3n) is 4.03. The van der Waals surface area contributed by atoms with Crippen LogP contribution in [0.5, 0.6) is 11.5 Å². The Morgan fingerprint density at radius 1 is 1.19 bits per heavy atom. The Hall–Kier alpha value is -1.26. The molecule has 0 bridgehead atoms. The van der Waals surface area contributed by atoms with Crippen LogP contribution in [0.15, 0.2) is 18.2 Å². The number of benzene rings is 1. The zero-order valence-corrected chi connectivity index (χ0v) is 13.5. The van der Waals surface area contributed by atoms with Gasteiger partial charge in [-0.2, -0.15) is 0 Å². The summed E-state index contributed by atoms with van der Waals surface area (Å²) in [6.45, 7) is 9.28. The minimum absolute atomic E-state index is 0.474. The lowest BCUT2D eigenvalue weighted by atomic mass is 9.99. The lowest BCUT2D eigenvalue weighted by Crippen LogP contribution is -2.45. The summed E-state index contributed by atoms with van der Waals surface area (Å²) >= 11 is 0. The van der Waals surface area contributed by atoms with Crippen LogP contribution >= 0.6 is 0 Å². The molecule has 0 aliphatic carbocycles. The first-order valence-electron chi connectivity index (χ1n) is 8.05. The molecule has 0 saturated carbocycles. The van der Waals surface area contributed by atoms with Crippen LogP contribution in [-0.4, -0.2) is 44.8 Å². The molecule has 0 spiro atoms. The molecule has 1 aromatic carbocycles. The van der Waals surface area contributed by atoms with Gasteiger partial charge in [-0.15, -0.1) is 0 Å². The maximum Gasteiger partial charge on any atom is 0.161 e. The van der Waals surface area contributed by atoms with Gasteiger partial charge in [0.25, 0.3) is 0 Å². The van der Waals surface area contributed by atoms with Crippen LogP contribution < -0.4 is 14.8 Å². The van der Waals surface area contributed by atoms with Gasteiger partial charge in [0.1, 0.15) is 0 Å². The maximum atomic E-state index is 5.62. The summed E-state index contributed by atoms with van der Waals surface area (Å²) in [5, 5.41) is 3.43. The number of nitrogens with zero attached hydrogens (tertiary/aromatic N) is 1. The molecule has 4 nitrogen and oxygen atoms in total. The standard InChI is InChI=1S/C17H28N2O2/c1-4-6-15(19-11-9-18-10-12-19)14-7-8-16(21-5-2)17(13-14)20-3/h7-8,13,15,18H,4-6,9-12H2,1-3H3/t15-/m1/s1. The van der Waals surface area contributed by atoms with Crippen molar-refractivity contribution in [3.8, 4) is 11.5 Å². The van der Waals surface area contributed by atoms with Gasteiger partial charge in [-0.3, -0.25) is 4.90 Å². The molecule has 0 aromatic heterocycles. The fourth-order valence-corrected chi connectivity index (χ4v) is 2.99. The van der Waals surface area contributed by atoms with Crippen molar-refractivity contribution in [2.45, 2.75) is 32.7 Å². The smallest absolute Gasteiger partial charge is 0.161 e. The molecule has 2 rings (SSSR count). The number of ether oxygens (including phenoxy) is 2. The van der Waals surface area contributed by atoms with Gasteiger partial charge < -0.3 is 14.8 Å². The molecule has 21 heavy (non-hydrogen) atoms. The molecule has 0 amide bonds. The highest BCUT2D eigenvalue weighted by Crippen LogP contribution is 2.34. The zero-order valence-electron chi connectivity index (χ0n) is 13.5. The highest BCUT2D eigenvalue weighted by Gasteiger charge is 2.22. The molecule has 1 heterocycles. The summed E-state index contributed by atoms with van der Waals surface area (Å²) in [4.78, 5) is 2.58. The van der Waals surface area contributed by atoms with Gasteiger partial charge in [-0.1, -0.05) is 19.4 Å². The number of hydrogen-bond acceptors (Lipinski definition) is 4. The Morgan fingerprint density at radius 3 is 2.57 bits per heavy atom. The summed E-state index contributed by atoms with van der Waals surface area (Å²) in [7, 11) is 1.71. The van der Waals surface area contributed by atoms with Gasteiger partial charge >= 0.3 is 0 Å². The van der Waals surface area contributed by atoms with E-state index in [9.17, 15) is 0 Å². The van der Waals surface area contributed by atoms with E-state index < -0.39 is 0 Å². The van der Waals surface area contributed by atoms with Gasteiger partial charge in [0.05, 0.1) is 13.7 Å². The number of rotatable bonds is 7. The van der Waals surface area contributed by atoms with Crippen LogP contribution in [0.4, 0.5) is 0 Å². The van der Waals surface area contributed by atoms with Crippen LogP contribution in [-0.2, 0) is 0 Å². The molecule has 4 heteroatoms. The third kappa shape index (κ3) is 4.11. The van der Waals surface area contributed by atoms with Crippen LogP contribution in [0.3, 0.4) is 0 Å². The van der Waals surface area contributed by atoms with E-state index in [1.54, 1.807) is 7.11 Å². The van der Waals surface area contributed by atoms with Crippen molar-refractivity contribution >= 4 is 0 Å². The average Bonchev–Trinajstić information content (AvgIpc) is 2.54. The number of methoxy groups -OCH3 is 1. The van der Waals surface area contributed by atoms with Crippen molar-refractivity contribution < 1.29 is 9.47 Å². The second-order valence-corrected chi connectivity index (χ2v) is 5.43. The van der Waals surface area contributed by atoms with Gasteiger partial charge in [0.2, 0.25) is 0 Å². The Labute approximate surface area is 128 Å². The number of piperazine rings is 1. The van der Waals surface area contributed by atoms with Crippen molar-refractivity contribution in [1.82, 2.24) is 10.2 Å². The molecule has 0 unspecified atom stereocenters. The minimum atomic E-state index is 0.474. The molecule has 1 aliphatic rings. The van der Waals surface area contributed by atoms with Crippen molar-refractivity contribution in [1.29, 1.82) is 0 Å². The van der Waals surface area contributed by atoms with Crippen LogP contribution in [0, 0.1) is 0 Å². The van der Waals surface area contributed by atoms with E-state index in [1.165, 1.54) is 18.4 Å². The number of hydrogen-bond donors (Lipinski definition) is 1. The molecule has 118 valence electrons. The van der Waals surface area contributed by atoms with Gasteiger partial charge in [-0.05, 0) is 31.0 Å². The average molecular weight is 292 g/mol. The molecule has 1 fully saturated rings. The topological polar surface area (TPSA) is 33.7 Å². The molecule has 0 radical (unpaired) electrons. The largest absolute Gasteiger partial charge is 0.493 e. The zero-order chi connectivity index (χ0) is 15.1. The lowest BCUT2D eigenvalue weighted by Gasteiger charge is -2.35. The summed E-state index contributed by atoms with van der Waals surface area (Å²) in [6.07, 6.45) is 2.36. The van der Waals surface area contributed by atoms with Crippen molar-refractivity contribution in [3.05, 3.63) is 23.8 Å². The highest BCUT2D eigenvalue weighted by atomic mass is 16.5. The van der Waals surface area contributed by atoms with E-state index in [0.717, 1.165) is 37.7 Å². The Bertz CT molecular complexity index is 431. The molecule has 1 N–H and O–H groups in total. The van der Waals surface area contributed by atoms with E-state index in [4.69, 9.17) is 9.47 Å². The summed E-state index contributed by atoms with van der Waals surface area (Å²) in [5.74, 6) is 1.67. The van der Waals surface area contributed by atoms with Gasteiger partial charge in [-0.25, -0.2) is 0 Å². The molecular weight excluding hydrogens is 264 g/mol. The van der Waals surface area contributed by atoms with Crippen LogP contribution in [0.25, 0.3) is 0 Å². The van der Waals surface area contributed by atoms with Crippen molar-refractivity contribution in [2.75, 3.05) is 39.9 Å². The second kappa shape index (κ2) is 8.25. The second-order valence-electron chi connectivity index (χ2n) is 5.43. The van der Waals surface area contributed by atoms with Crippen molar-refractivity contribution in [2.24, 2.45) is 0 Å². The first-order chi connectivity index (χ1) is 10.3. The fraction of sp³-hybridized carbons (Fsp3) is 0.647. The van der Waals surface area contributed by atoms with Gasteiger partial charge in [0, 0.05) is 32.2 Å². The van der Waals surface area contributed by atoms with E-state index in [0.29, 0.717) is 12.6 Å². The summed E-state index contributed by atoms with van der Waals surface area (Å²) < 4.78 is 11.1. The van der Waals surface area contributed by atoms with E-state index >= 15 is 0 Å². The van der Waals surface area contributed by atoms with E-state index in [1.807, 2.05) is 13.0 Å². The number of nitrogens with one attached hydrogen (secondary N) is 1. The predicted octanol–water partition coefficient (Wildman–Crippen LogP) is 2.84. The predicted molar refractivity (Wildman–Crippen MR) is 86.3 cm³/mol. The maximum absolute atomic E-state index is 5.62. The highest BCUT2D eigenvalue weighted by molar-refractivity contribution is 5.44. The monoisotopic (exact) mass is 292 g/mol. The Kier molecular flexibility index (Phi) is 6.33. The fourth-order valence-electron chi connectivity index (χ4n) is 2.99. The normalized spacial score (nSPS) is 17.5. The quantitative estimate of drug-likeness (QED) is 0.838. The van der Waals surface area contributed by atoms with Crippen LogP contribution in [0.1, 0.15) is 38.3 Å². The van der Waals surface area contributed by atoms with Gasteiger partial charge in [0.15, 0.2) is 11.5 Å². The molecule has 1 atom stereocenters. The third-order valence-corrected chi connectivity index (χ3v) is 4.03. The first-order valence-corrected chi connectivity index (χ1v) is 8.05. The molecule has 1 aliphatic heterocycles. The molecule has 1 aromatic rings. The van der Waals surface area contributed by atoms with E-state index in [2.05, 4.69) is 29.3 Å². The van der Waals surface area contributed by atoms with Crippen molar-refractivity contribution in [3.63, 3.8) is 0 Å². The van der Waals surface area contributed by atoms with Crippen LogP contribution in [0.2, 0.25) is 0 Å². The lowest BCUT2D eigenvalue weighted by molar-refractivity contribution is 0.164. The SMILES string of the molecule is CCC[C@H](c1ccc(OCC)c(OC)c1)N1CCNCC1. The Morgan fingerprint density at radius 2 is 1.95 bits per heavy atom. The van der Waals surface area contributed by atoms with E-state index in [-0.39, 0.29) is 0 Å². The first kappa shape index (κ1) is 16.1. The summed E-state index contributed by atoms with van der Waals surface area (Å²) in [6, 6.07) is 6.85.